The molecule has 12 nitrogen and oxygen atoms in total. The molecule has 0 spiro atoms. The fourth-order valence-corrected chi connectivity index (χ4v) is 4.24. The van der Waals surface area contributed by atoms with E-state index in [0.29, 0.717) is 16.7 Å². The molecule has 3 heterocycles. The van der Waals surface area contributed by atoms with Crippen molar-refractivity contribution in [1.29, 1.82) is 0 Å². The van der Waals surface area contributed by atoms with E-state index < -0.39 is 29.5 Å². The summed E-state index contributed by atoms with van der Waals surface area (Å²) in [6.07, 6.45) is 3.96. The number of allylic oxidation sites excluding steroid dienone is 1. The minimum absolute atomic E-state index is 0.0164. The monoisotopic (exact) mass is 618 g/mol. The van der Waals surface area contributed by atoms with Gasteiger partial charge in [-0.25, -0.2) is 9.18 Å². The molecule has 236 valence electrons. The number of hydrogen-bond acceptors (Lipinski definition) is 7. The number of anilines is 1. The number of ether oxygens (including phenoxy) is 2. The van der Waals surface area contributed by atoms with Gasteiger partial charge in [-0.1, -0.05) is 36.4 Å². The van der Waals surface area contributed by atoms with E-state index in [1.54, 1.807) is 38.5 Å². The normalized spacial score (nSPS) is 11.8. The van der Waals surface area contributed by atoms with Crippen molar-refractivity contribution in [2.45, 2.75) is 32.1 Å². The summed E-state index contributed by atoms with van der Waals surface area (Å²) < 4.78 is 27.2. The van der Waals surface area contributed by atoms with Crippen LogP contribution in [-0.2, 0) is 27.5 Å². The Hall–Kier alpha value is -5.46. The number of halogens is 1. The van der Waals surface area contributed by atoms with E-state index >= 15 is 0 Å². The zero-order valence-electron chi connectivity index (χ0n) is 25.5. The molecule has 0 saturated carbocycles. The van der Waals surface area contributed by atoms with Crippen LogP contribution in [0.4, 0.5) is 14.9 Å². The SMILES string of the molecule is CN(C)C(=O)C=CCCC(OC(=O)N(C)C)C(=O)Nc1cccn(Cc2cc3ncc(F)c(OCc4ccccc4)c3[nH]2)c1=O. The first-order chi connectivity index (χ1) is 21.5. The highest BCUT2D eigenvalue weighted by atomic mass is 19.1. The first kappa shape index (κ1) is 32.5. The molecule has 45 heavy (non-hydrogen) atoms. The minimum atomic E-state index is -1.23. The van der Waals surface area contributed by atoms with Crippen LogP contribution in [0.25, 0.3) is 11.0 Å². The lowest BCUT2D eigenvalue weighted by atomic mass is 10.1. The van der Waals surface area contributed by atoms with Crippen molar-refractivity contribution < 1.29 is 28.2 Å². The lowest BCUT2D eigenvalue weighted by Gasteiger charge is -2.19. The molecule has 0 bridgehead atoms. The summed E-state index contributed by atoms with van der Waals surface area (Å²) in [4.78, 5) is 60.3. The van der Waals surface area contributed by atoms with Gasteiger partial charge in [-0.05, 0) is 42.7 Å². The Labute approximate surface area is 259 Å². The number of carbonyl (C=O) groups excluding carboxylic acids is 3. The van der Waals surface area contributed by atoms with Crippen LogP contribution in [0.15, 0.2) is 77.9 Å². The van der Waals surface area contributed by atoms with Gasteiger partial charge in [0.2, 0.25) is 5.91 Å². The van der Waals surface area contributed by atoms with Crippen LogP contribution in [-0.4, -0.2) is 76.5 Å². The smallest absolute Gasteiger partial charge is 0.410 e. The molecule has 0 aliphatic heterocycles. The molecule has 3 aromatic heterocycles. The van der Waals surface area contributed by atoms with Crippen LogP contribution in [0.1, 0.15) is 24.1 Å². The fourth-order valence-electron chi connectivity index (χ4n) is 4.24. The van der Waals surface area contributed by atoms with E-state index in [-0.39, 0.29) is 43.3 Å². The number of aromatic nitrogens is 3. The third kappa shape index (κ3) is 8.56. The Morgan fingerprint density at radius 3 is 2.56 bits per heavy atom. The number of amides is 3. The van der Waals surface area contributed by atoms with Crippen molar-refractivity contribution in [2.24, 2.45) is 0 Å². The fraction of sp³-hybridized carbons (Fsp3) is 0.281. The van der Waals surface area contributed by atoms with Gasteiger partial charge >= 0.3 is 6.09 Å². The average Bonchev–Trinajstić information content (AvgIpc) is 3.42. The summed E-state index contributed by atoms with van der Waals surface area (Å²) in [6, 6.07) is 14.1. The average molecular weight is 619 g/mol. The zero-order valence-corrected chi connectivity index (χ0v) is 25.5. The van der Waals surface area contributed by atoms with Crippen molar-refractivity contribution >= 4 is 34.6 Å². The van der Waals surface area contributed by atoms with Gasteiger partial charge in [0.25, 0.3) is 11.5 Å². The van der Waals surface area contributed by atoms with Crippen LogP contribution in [0.2, 0.25) is 0 Å². The standard InChI is InChI=1S/C32H35FN6O6/c1-37(2)27(40)15-9-8-14-26(45-32(43)38(3)4)30(41)36-24-13-10-16-39(31(24)42)19-22-17-25-28(35-22)29(23(33)18-34-25)44-20-21-11-6-5-7-12-21/h5-7,9-13,15-18,26,35H,8,14,19-20H2,1-4H3,(H,36,41). The molecule has 0 aliphatic carbocycles. The molecule has 0 saturated heterocycles. The molecule has 1 unspecified atom stereocenters. The quantitative estimate of drug-likeness (QED) is 0.230. The number of hydrogen-bond donors (Lipinski definition) is 2. The molecular formula is C32H35FN6O6. The molecule has 1 atom stereocenters. The number of pyridine rings is 2. The van der Waals surface area contributed by atoms with E-state index in [4.69, 9.17) is 9.47 Å². The predicted octanol–water partition coefficient (Wildman–Crippen LogP) is 3.92. The maximum Gasteiger partial charge on any atom is 0.410 e. The molecule has 0 radical (unpaired) electrons. The van der Waals surface area contributed by atoms with Gasteiger partial charge in [0.1, 0.15) is 17.8 Å². The van der Waals surface area contributed by atoms with Crippen molar-refractivity contribution in [3.05, 3.63) is 101 Å². The van der Waals surface area contributed by atoms with Crippen molar-refractivity contribution in [3.63, 3.8) is 0 Å². The first-order valence-electron chi connectivity index (χ1n) is 14.1. The van der Waals surface area contributed by atoms with Crippen molar-refractivity contribution in [3.8, 4) is 5.75 Å². The van der Waals surface area contributed by atoms with E-state index in [1.807, 2.05) is 30.3 Å². The molecule has 3 amide bonds. The Morgan fingerprint density at radius 1 is 1.09 bits per heavy atom. The minimum Gasteiger partial charge on any atom is -0.483 e. The summed E-state index contributed by atoms with van der Waals surface area (Å²) in [7, 11) is 6.19. The maximum atomic E-state index is 14.7. The van der Waals surface area contributed by atoms with E-state index in [1.165, 1.54) is 40.6 Å². The van der Waals surface area contributed by atoms with Crippen LogP contribution in [0.3, 0.4) is 0 Å². The Balaban J connectivity index is 1.50. The summed E-state index contributed by atoms with van der Waals surface area (Å²) in [5.41, 5.74) is 1.69. The highest BCUT2D eigenvalue weighted by molar-refractivity contribution is 5.95. The van der Waals surface area contributed by atoms with Gasteiger partial charge in [-0.3, -0.25) is 19.4 Å². The van der Waals surface area contributed by atoms with Crippen LogP contribution in [0, 0.1) is 5.82 Å². The first-order valence-corrected chi connectivity index (χ1v) is 14.1. The highest BCUT2D eigenvalue weighted by Crippen LogP contribution is 2.28. The molecule has 1 aromatic carbocycles. The van der Waals surface area contributed by atoms with E-state index in [9.17, 15) is 23.6 Å². The van der Waals surface area contributed by atoms with Crippen LogP contribution < -0.4 is 15.6 Å². The zero-order chi connectivity index (χ0) is 32.5. The third-order valence-corrected chi connectivity index (χ3v) is 6.66. The number of aromatic amines is 1. The Kier molecular flexibility index (Phi) is 10.7. The Morgan fingerprint density at radius 2 is 1.84 bits per heavy atom. The van der Waals surface area contributed by atoms with Crippen molar-refractivity contribution in [2.75, 3.05) is 33.5 Å². The maximum absolute atomic E-state index is 14.7. The van der Waals surface area contributed by atoms with Crippen molar-refractivity contribution in [1.82, 2.24) is 24.3 Å². The van der Waals surface area contributed by atoms with Crippen LogP contribution in [0.5, 0.6) is 5.75 Å². The highest BCUT2D eigenvalue weighted by Gasteiger charge is 2.24. The number of likely N-dealkylation sites (N-methyl/N-ethyl adjacent to an activating group) is 1. The van der Waals surface area contributed by atoms with Gasteiger partial charge < -0.3 is 34.1 Å². The molecule has 13 heteroatoms. The topological polar surface area (TPSA) is 139 Å². The number of rotatable bonds is 12. The largest absolute Gasteiger partial charge is 0.483 e. The van der Waals surface area contributed by atoms with Gasteiger partial charge in [-0.15, -0.1) is 0 Å². The number of nitrogens with zero attached hydrogens (tertiary/aromatic N) is 4. The number of fused-ring (bicyclic) bond motifs is 1. The second kappa shape index (κ2) is 14.8. The molecule has 4 aromatic rings. The lowest BCUT2D eigenvalue weighted by Crippen LogP contribution is -2.37. The third-order valence-electron chi connectivity index (χ3n) is 6.66. The molecule has 0 fully saturated rings. The van der Waals surface area contributed by atoms with E-state index in [0.717, 1.165) is 11.8 Å². The second-order valence-corrected chi connectivity index (χ2v) is 10.6. The van der Waals surface area contributed by atoms with Gasteiger partial charge in [0.05, 0.1) is 18.3 Å². The predicted molar refractivity (Wildman–Crippen MR) is 166 cm³/mol. The Bertz CT molecular complexity index is 1750. The van der Waals surface area contributed by atoms with Crippen LogP contribution >= 0.6 is 0 Å². The summed E-state index contributed by atoms with van der Waals surface area (Å²) >= 11 is 0. The second-order valence-electron chi connectivity index (χ2n) is 10.6. The van der Waals surface area contributed by atoms with Gasteiger partial charge in [-0.2, -0.15) is 0 Å². The van der Waals surface area contributed by atoms with Gasteiger partial charge in [0.15, 0.2) is 17.7 Å². The summed E-state index contributed by atoms with van der Waals surface area (Å²) in [5.74, 6) is -1.53. The molecular weight excluding hydrogens is 583 g/mol. The molecule has 2 N–H and O–H groups in total. The number of H-pyrrole nitrogens is 1. The number of benzene rings is 1. The molecule has 4 rings (SSSR count). The number of carbonyl (C=O) groups is 3. The summed E-state index contributed by atoms with van der Waals surface area (Å²) in [5, 5.41) is 2.56. The lowest BCUT2D eigenvalue weighted by molar-refractivity contribution is -0.125. The summed E-state index contributed by atoms with van der Waals surface area (Å²) in [6.45, 7) is 0.212. The number of nitrogens with one attached hydrogen (secondary N) is 2. The van der Waals surface area contributed by atoms with E-state index in [2.05, 4.69) is 15.3 Å². The molecule has 0 aliphatic rings. The van der Waals surface area contributed by atoms with Gasteiger partial charge in [0, 0.05) is 40.1 Å².